The van der Waals surface area contributed by atoms with Gasteiger partial charge in [0.05, 0.1) is 6.26 Å². The highest BCUT2D eigenvalue weighted by Gasteiger charge is 2.20. The zero-order chi connectivity index (χ0) is 11.5. The van der Waals surface area contributed by atoms with E-state index in [2.05, 4.69) is 10.4 Å². The topological polar surface area (TPSA) is 90.1 Å². The van der Waals surface area contributed by atoms with E-state index in [-0.39, 0.29) is 6.04 Å². The molecule has 5 heteroatoms. The molecule has 5 N–H and O–H groups in total. The van der Waals surface area contributed by atoms with Gasteiger partial charge in [0.25, 0.3) is 0 Å². The van der Waals surface area contributed by atoms with Gasteiger partial charge >= 0.3 is 0 Å². The SMILES string of the molecule is Cc1ccoc1C(NN)c1cnccc1N. The van der Waals surface area contributed by atoms with Crippen molar-refractivity contribution in [2.45, 2.75) is 13.0 Å². The lowest BCUT2D eigenvalue weighted by Gasteiger charge is -2.16. The number of nitrogens with one attached hydrogen (secondary N) is 1. The largest absolute Gasteiger partial charge is 0.467 e. The van der Waals surface area contributed by atoms with Gasteiger partial charge in [0.15, 0.2) is 0 Å². The number of hydrogen-bond acceptors (Lipinski definition) is 5. The number of aromatic nitrogens is 1. The highest BCUT2D eigenvalue weighted by atomic mass is 16.3. The van der Waals surface area contributed by atoms with E-state index in [0.717, 1.165) is 16.9 Å². The number of pyridine rings is 1. The van der Waals surface area contributed by atoms with Crippen LogP contribution in [0.2, 0.25) is 0 Å². The number of nitrogens with two attached hydrogens (primary N) is 2. The van der Waals surface area contributed by atoms with Crippen LogP contribution in [0.5, 0.6) is 0 Å². The Morgan fingerprint density at radius 3 is 2.81 bits per heavy atom. The van der Waals surface area contributed by atoms with Crippen molar-refractivity contribution in [2.75, 3.05) is 5.73 Å². The second-order valence-electron chi connectivity index (χ2n) is 3.57. The standard InChI is InChI=1S/C11H14N4O/c1-7-3-5-16-11(7)10(15-13)8-6-14-4-2-9(8)12/h2-6,10,15H,13H2,1H3,(H2,12,14). The fraction of sp³-hybridized carbons (Fsp3) is 0.182. The van der Waals surface area contributed by atoms with E-state index in [1.165, 1.54) is 0 Å². The highest BCUT2D eigenvalue weighted by molar-refractivity contribution is 5.49. The maximum absolute atomic E-state index is 5.88. The van der Waals surface area contributed by atoms with Crippen molar-refractivity contribution in [3.8, 4) is 0 Å². The van der Waals surface area contributed by atoms with E-state index in [1.54, 1.807) is 24.7 Å². The van der Waals surface area contributed by atoms with E-state index in [0.29, 0.717) is 5.69 Å². The summed E-state index contributed by atoms with van der Waals surface area (Å²) in [5.41, 5.74) is 11.0. The van der Waals surface area contributed by atoms with Gasteiger partial charge in [-0.05, 0) is 24.6 Å². The van der Waals surface area contributed by atoms with Gasteiger partial charge in [-0.25, -0.2) is 5.43 Å². The van der Waals surface area contributed by atoms with Crippen LogP contribution in [-0.2, 0) is 0 Å². The van der Waals surface area contributed by atoms with Crippen LogP contribution in [0.15, 0.2) is 35.2 Å². The molecule has 0 fully saturated rings. The summed E-state index contributed by atoms with van der Waals surface area (Å²) in [4.78, 5) is 4.04. The molecule has 84 valence electrons. The maximum Gasteiger partial charge on any atom is 0.129 e. The number of nitrogen functional groups attached to an aromatic ring is 1. The smallest absolute Gasteiger partial charge is 0.129 e. The summed E-state index contributed by atoms with van der Waals surface area (Å²) in [6, 6.07) is 3.34. The summed E-state index contributed by atoms with van der Waals surface area (Å²) in [6.45, 7) is 1.95. The van der Waals surface area contributed by atoms with Crippen LogP contribution in [0, 0.1) is 6.92 Å². The maximum atomic E-state index is 5.88. The Balaban J connectivity index is 2.45. The van der Waals surface area contributed by atoms with Gasteiger partial charge in [0.1, 0.15) is 11.8 Å². The Kier molecular flexibility index (Phi) is 2.89. The zero-order valence-corrected chi connectivity index (χ0v) is 8.97. The van der Waals surface area contributed by atoms with E-state index < -0.39 is 0 Å². The first-order valence-electron chi connectivity index (χ1n) is 4.93. The molecule has 0 aliphatic heterocycles. The molecule has 1 atom stereocenters. The number of aryl methyl sites for hydroxylation is 1. The number of anilines is 1. The van der Waals surface area contributed by atoms with Gasteiger partial charge in [-0.15, -0.1) is 0 Å². The Morgan fingerprint density at radius 2 is 2.25 bits per heavy atom. The fourth-order valence-corrected chi connectivity index (χ4v) is 1.65. The first-order chi connectivity index (χ1) is 7.74. The van der Waals surface area contributed by atoms with E-state index in [1.807, 2.05) is 13.0 Å². The number of hydrazine groups is 1. The first-order valence-corrected chi connectivity index (χ1v) is 4.93. The zero-order valence-electron chi connectivity index (χ0n) is 8.97. The number of hydrogen-bond donors (Lipinski definition) is 3. The summed E-state index contributed by atoms with van der Waals surface area (Å²) in [6.07, 6.45) is 4.95. The Bertz CT molecular complexity index is 480. The first kappa shape index (κ1) is 10.7. The molecular weight excluding hydrogens is 204 g/mol. The normalized spacial score (nSPS) is 12.6. The quantitative estimate of drug-likeness (QED) is 0.530. The second-order valence-corrected chi connectivity index (χ2v) is 3.57. The lowest BCUT2D eigenvalue weighted by molar-refractivity contribution is 0.449. The van der Waals surface area contributed by atoms with Gasteiger partial charge in [-0.3, -0.25) is 10.8 Å². The molecule has 16 heavy (non-hydrogen) atoms. The van der Waals surface area contributed by atoms with Gasteiger partial charge in [0, 0.05) is 23.6 Å². The van der Waals surface area contributed by atoms with Crippen LogP contribution >= 0.6 is 0 Å². The predicted molar refractivity (Wildman–Crippen MR) is 61.3 cm³/mol. The van der Waals surface area contributed by atoms with Crippen molar-refractivity contribution in [2.24, 2.45) is 5.84 Å². The molecule has 1 unspecified atom stereocenters. The summed E-state index contributed by atoms with van der Waals surface area (Å²) in [5.74, 6) is 6.29. The number of furan rings is 1. The monoisotopic (exact) mass is 218 g/mol. The van der Waals surface area contributed by atoms with Gasteiger partial charge < -0.3 is 10.2 Å². The number of nitrogens with zero attached hydrogens (tertiary/aromatic N) is 1. The highest BCUT2D eigenvalue weighted by Crippen LogP contribution is 2.27. The summed E-state index contributed by atoms with van der Waals surface area (Å²) in [7, 11) is 0. The van der Waals surface area contributed by atoms with Crippen molar-refractivity contribution in [1.29, 1.82) is 0 Å². The average molecular weight is 218 g/mol. The van der Waals surface area contributed by atoms with Crippen molar-refractivity contribution in [3.63, 3.8) is 0 Å². The molecule has 2 heterocycles. The molecule has 2 aromatic heterocycles. The van der Waals surface area contributed by atoms with Gasteiger partial charge in [-0.2, -0.15) is 0 Å². The van der Waals surface area contributed by atoms with Crippen LogP contribution < -0.4 is 17.0 Å². The summed E-state index contributed by atoms with van der Waals surface area (Å²) < 4.78 is 5.40. The second kappa shape index (κ2) is 4.34. The molecule has 0 radical (unpaired) electrons. The third-order valence-corrected chi connectivity index (χ3v) is 2.53. The van der Waals surface area contributed by atoms with Crippen molar-refractivity contribution in [1.82, 2.24) is 10.4 Å². The van der Waals surface area contributed by atoms with Crippen molar-refractivity contribution in [3.05, 3.63) is 47.7 Å². The third-order valence-electron chi connectivity index (χ3n) is 2.53. The van der Waals surface area contributed by atoms with Crippen LogP contribution in [-0.4, -0.2) is 4.98 Å². The van der Waals surface area contributed by atoms with Crippen LogP contribution in [0.4, 0.5) is 5.69 Å². The van der Waals surface area contributed by atoms with Crippen LogP contribution in [0.1, 0.15) is 22.9 Å². The molecule has 0 aliphatic carbocycles. The molecule has 0 spiro atoms. The average Bonchev–Trinajstić information content (AvgIpc) is 2.69. The predicted octanol–water partition coefficient (Wildman–Crippen LogP) is 1.12. The van der Waals surface area contributed by atoms with Crippen LogP contribution in [0.25, 0.3) is 0 Å². The molecule has 5 nitrogen and oxygen atoms in total. The van der Waals surface area contributed by atoms with Crippen LogP contribution in [0.3, 0.4) is 0 Å². The molecule has 0 aromatic carbocycles. The molecule has 0 saturated heterocycles. The minimum absolute atomic E-state index is 0.274. The van der Waals surface area contributed by atoms with Crippen molar-refractivity contribution < 1.29 is 4.42 Å². The Labute approximate surface area is 93.4 Å². The minimum Gasteiger partial charge on any atom is -0.467 e. The molecule has 0 amide bonds. The van der Waals surface area contributed by atoms with E-state index in [9.17, 15) is 0 Å². The molecule has 2 aromatic rings. The Morgan fingerprint density at radius 1 is 1.44 bits per heavy atom. The third kappa shape index (κ3) is 1.78. The molecular formula is C11H14N4O. The lowest BCUT2D eigenvalue weighted by atomic mass is 10.0. The van der Waals surface area contributed by atoms with Gasteiger partial charge in [0.2, 0.25) is 0 Å². The lowest BCUT2D eigenvalue weighted by Crippen LogP contribution is -2.29. The Hall–Kier alpha value is -1.85. The summed E-state index contributed by atoms with van der Waals surface area (Å²) >= 11 is 0. The minimum atomic E-state index is -0.274. The van der Waals surface area contributed by atoms with E-state index >= 15 is 0 Å². The van der Waals surface area contributed by atoms with Gasteiger partial charge in [-0.1, -0.05) is 0 Å². The molecule has 0 aliphatic rings. The fourth-order valence-electron chi connectivity index (χ4n) is 1.65. The van der Waals surface area contributed by atoms with Crippen molar-refractivity contribution >= 4 is 5.69 Å². The summed E-state index contributed by atoms with van der Waals surface area (Å²) in [5, 5.41) is 0. The molecule has 0 bridgehead atoms. The van der Waals surface area contributed by atoms with E-state index in [4.69, 9.17) is 16.0 Å². The molecule has 0 saturated carbocycles. The number of rotatable bonds is 3. The molecule has 2 rings (SSSR count).